The van der Waals surface area contributed by atoms with Crippen LogP contribution in [0.3, 0.4) is 0 Å². The molecule has 0 radical (unpaired) electrons. The van der Waals surface area contributed by atoms with Gasteiger partial charge in [-0.15, -0.1) is 23.7 Å². The molecule has 0 aliphatic carbocycles. The highest BCUT2D eigenvalue weighted by atomic mass is 79.9. The van der Waals surface area contributed by atoms with Crippen molar-refractivity contribution >= 4 is 45.6 Å². The van der Waals surface area contributed by atoms with Crippen molar-refractivity contribution in [2.45, 2.75) is 19.4 Å². The van der Waals surface area contributed by atoms with E-state index in [0.29, 0.717) is 10.6 Å². The van der Waals surface area contributed by atoms with Gasteiger partial charge in [0.2, 0.25) is 0 Å². The fraction of sp³-hybridized carbons (Fsp3) is 0.545. The lowest BCUT2D eigenvalue weighted by Gasteiger charge is -2.11. The van der Waals surface area contributed by atoms with Crippen LogP contribution in [0.1, 0.15) is 21.0 Å². The molecule has 4 nitrogen and oxygen atoms in total. The van der Waals surface area contributed by atoms with Gasteiger partial charge in [0.1, 0.15) is 4.88 Å². The second-order valence-corrected chi connectivity index (χ2v) is 6.02. The normalized spacial score (nSPS) is 18.3. The molecule has 2 heterocycles. The van der Waals surface area contributed by atoms with Crippen LogP contribution in [0.4, 0.5) is 0 Å². The zero-order chi connectivity index (χ0) is 12.4. The zero-order valence-electron chi connectivity index (χ0n) is 10.2. The maximum atomic E-state index is 12.1. The molecule has 1 saturated heterocycles. The van der Waals surface area contributed by atoms with E-state index in [4.69, 9.17) is 4.74 Å². The Balaban J connectivity index is 0.00000162. The summed E-state index contributed by atoms with van der Waals surface area (Å²) in [5.74, 6) is 0.588. The van der Waals surface area contributed by atoms with E-state index in [-0.39, 0.29) is 24.4 Å². The van der Waals surface area contributed by atoms with Gasteiger partial charge in [0.15, 0.2) is 5.75 Å². The second-order valence-electron chi connectivity index (χ2n) is 4.00. The van der Waals surface area contributed by atoms with Gasteiger partial charge in [-0.05, 0) is 35.8 Å². The lowest BCUT2D eigenvalue weighted by molar-refractivity contribution is 0.0941. The first kappa shape index (κ1) is 15.8. The molecular formula is C11H16BrClN2O2S. The number of amides is 1. The fourth-order valence-corrected chi connectivity index (χ4v) is 3.52. The number of ether oxygens (including phenoxy) is 1. The number of hydrogen-bond donors (Lipinski definition) is 2. The largest absolute Gasteiger partial charge is 0.494 e. The Morgan fingerprint density at radius 2 is 2.33 bits per heavy atom. The fourth-order valence-electron chi connectivity index (χ4n) is 1.86. The minimum Gasteiger partial charge on any atom is -0.494 e. The summed E-state index contributed by atoms with van der Waals surface area (Å²) in [6, 6.07) is 0.230. The Kier molecular flexibility index (Phi) is 5.91. The van der Waals surface area contributed by atoms with Crippen molar-refractivity contribution in [2.24, 2.45) is 0 Å². The van der Waals surface area contributed by atoms with Crippen molar-refractivity contribution in [3.05, 3.63) is 14.2 Å². The van der Waals surface area contributed by atoms with Crippen LogP contribution < -0.4 is 15.4 Å². The zero-order valence-corrected chi connectivity index (χ0v) is 13.4. The molecule has 18 heavy (non-hydrogen) atoms. The molecule has 102 valence electrons. The molecular weight excluding hydrogens is 340 g/mol. The van der Waals surface area contributed by atoms with Crippen molar-refractivity contribution in [1.82, 2.24) is 10.6 Å². The summed E-state index contributed by atoms with van der Waals surface area (Å²) in [7, 11) is 1.58. The summed E-state index contributed by atoms with van der Waals surface area (Å²) in [5, 5.41) is 6.24. The lowest BCUT2D eigenvalue weighted by atomic mass is 10.2. The molecule has 1 unspecified atom stereocenters. The molecule has 1 aromatic heterocycles. The van der Waals surface area contributed by atoms with Gasteiger partial charge in [-0.3, -0.25) is 4.79 Å². The number of aryl methyl sites for hydroxylation is 1. The number of nitrogens with one attached hydrogen (secondary N) is 2. The van der Waals surface area contributed by atoms with Gasteiger partial charge in [0, 0.05) is 17.5 Å². The van der Waals surface area contributed by atoms with Crippen LogP contribution in [0.25, 0.3) is 0 Å². The monoisotopic (exact) mass is 354 g/mol. The first-order chi connectivity index (χ1) is 8.13. The Labute approximate surface area is 125 Å². The van der Waals surface area contributed by atoms with Crippen LogP contribution in [0.5, 0.6) is 5.75 Å². The summed E-state index contributed by atoms with van der Waals surface area (Å²) in [6.45, 7) is 3.78. The molecule has 0 aromatic carbocycles. The third kappa shape index (κ3) is 3.17. The Bertz CT molecular complexity index is 433. The van der Waals surface area contributed by atoms with Gasteiger partial charge >= 0.3 is 0 Å². The van der Waals surface area contributed by atoms with E-state index in [1.807, 2.05) is 6.92 Å². The van der Waals surface area contributed by atoms with Gasteiger partial charge in [-0.1, -0.05) is 0 Å². The Hall–Kier alpha value is -0.300. The highest BCUT2D eigenvalue weighted by Crippen LogP contribution is 2.39. The maximum absolute atomic E-state index is 12.1. The third-order valence-electron chi connectivity index (χ3n) is 2.78. The minimum atomic E-state index is -0.0469. The summed E-state index contributed by atoms with van der Waals surface area (Å²) >= 11 is 4.89. The smallest absolute Gasteiger partial charge is 0.265 e. The summed E-state index contributed by atoms with van der Waals surface area (Å²) in [6.07, 6.45) is 0.986. The quantitative estimate of drug-likeness (QED) is 0.875. The topological polar surface area (TPSA) is 50.4 Å². The van der Waals surface area contributed by atoms with E-state index >= 15 is 0 Å². The molecule has 2 rings (SSSR count). The number of methoxy groups -OCH3 is 1. The number of rotatable bonds is 3. The van der Waals surface area contributed by atoms with Crippen molar-refractivity contribution in [1.29, 1.82) is 0 Å². The number of hydrogen-bond acceptors (Lipinski definition) is 4. The summed E-state index contributed by atoms with van der Waals surface area (Å²) in [4.78, 5) is 13.8. The van der Waals surface area contributed by atoms with Crippen molar-refractivity contribution in [3.8, 4) is 5.75 Å². The van der Waals surface area contributed by atoms with E-state index in [1.54, 1.807) is 7.11 Å². The van der Waals surface area contributed by atoms with Crippen LogP contribution in [0.15, 0.2) is 4.47 Å². The number of carbonyl (C=O) groups excluding carboxylic acids is 1. The van der Waals surface area contributed by atoms with Crippen LogP contribution in [0, 0.1) is 6.92 Å². The van der Waals surface area contributed by atoms with Crippen molar-refractivity contribution < 1.29 is 9.53 Å². The van der Waals surface area contributed by atoms with Crippen LogP contribution in [-0.2, 0) is 0 Å². The molecule has 1 aliphatic heterocycles. The standard InChI is InChI=1S/C11H15BrN2O2S.ClH/c1-6-8(12)9(16-2)10(17-6)11(15)14-7-3-4-13-5-7;/h7,13H,3-5H2,1-2H3,(H,14,15);1H. The molecule has 1 amide bonds. The van der Waals surface area contributed by atoms with Crippen molar-refractivity contribution in [3.63, 3.8) is 0 Å². The van der Waals surface area contributed by atoms with Crippen LogP contribution in [0.2, 0.25) is 0 Å². The number of halogens is 2. The minimum absolute atomic E-state index is 0. The summed E-state index contributed by atoms with van der Waals surface area (Å²) < 4.78 is 6.14. The van der Waals surface area contributed by atoms with Gasteiger partial charge in [-0.25, -0.2) is 0 Å². The number of carbonyl (C=O) groups is 1. The van der Waals surface area contributed by atoms with E-state index in [2.05, 4.69) is 26.6 Å². The van der Waals surface area contributed by atoms with Gasteiger partial charge in [-0.2, -0.15) is 0 Å². The molecule has 1 fully saturated rings. The predicted octanol–water partition coefficient (Wildman–Crippen LogP) is 2.34. The van der Waals surface area contributed by atoms with Crippen LogP contribution >= 0.6 is 39.7 Å². The molecule has 1 atom stereocenters. The highest BCUT2D eigenvalue weighted by Gasteiger charge is 2.24. The lowest BCUT2D eigenvalue weighted by Crippen LogP contribution is -2.35. The molecule has 0 bridgehead atoms. The van der Waals surface area contributed by atoms with Crippen molar-refractivity contribution in [2.75, 3.05) is 20.2 Å². The molecule has 7 heteroatoms. The average molecular weight is 356 g/mol. The SMILES string of the molecule is COc1c(C(=O)NC2CCNC2)sc(C)c1Br.Cl. The molecule has 0 saturated carbocycles. The van der Waals surface area contributed by atoms with E-state index in [0.717, 1.165) is 28.9 Å². The van der Waals surface area contributed by atoms with E-state index in [9.17, 15) is 4.79 Å². The Morgan fingerprint density at radius 1 is 1.61 bits per heavy atom. The molecule has 1 aromatic rings. The maximum Gasteiger partial charge on any atom is 0.265 e. The average Bonchev–Trinajstić information content (AvgIpc) is 2.89. The number of thiophene rings is 1. The van der Waals surface area contributed by atoms with Gasteiger partial charge in [0.25, 0.3) is 5.91 Å². The molecule has 2 N–H and O–H groups in total. The third-order valence-corrected chi connectivity index (χ3v) is 5.08. The van der Waals surface area contributed by atoms with E-state index < -0.39 is 0 Å². The Morgan fingerprint density at radius 3 is 2.89 bits per heavy atom. The van der Waals surface area contributed by atoms with E-state index in [1.165, 1.54) is 11.3 Å². The second kappa shape index (κ2) is 6.75. The van der Waals surface area contributed by atoms with Gasteiger partial charge < -0.3 is 15.4 Å². The first-order valence-corrected chi connectivity index (χ1v) is 7.09. The van der Waals surface area contributed by atoms with Crippen LogP contribution in [-0.4, -0.2) is 32.1 Å². The highest BCUT2D eigenvalue weighted by molar-refractivity contribution is 9.10. The van der Waals surface area contributed by atoms with Gasteiger partial charge in [0.05, 0.1) is 11.6 Å². The summed E-state index contributed by atoms with van der Waals surface area (Å²) in [5.41, 5.74) is 0. The molecule has 0 spiro atoms. The molecule has 1 aliphatic rings. The first-order valence-electron chi connectivity index (χ1n) is 5.48. The predicted molar refractivity (Wildman–Crippen MR) is 79.3 cm³/mol.